The van der Waals surface area contributed by atoms with E-state index in [1.807, 2.05) is 13.8 Å². The number of nitrogens with one attached hydrogen (secondary N) is 1. The Morgan fingerprint density at radius 3 is 1.56 bits per heavy atom. The molecule has 3 nitrogen and oxygen atoms in total. The highest BCUT2D eigenvalue weighted by atomic mass is 16.3. The minimum Gasteiger partial charge on any atom is -0.389 e. The molecule has 0 spiro atoms. The van der Waals surface area contributed by atoms with Crippen molar-refractivity contribution in [1.29, 1.82) is 0 Å². The molecule has 2 atom stereocenters. The maximum Gasteiger partial charge on any atom is 0.0935 e. The molecule has 0 saturated carbocycles. The standard InChI is InChI=1S/C4H9NO2.C2H6/c6-3-1-5-2-4(3)7;1-2/h3-7H,1-2H2;1-2H3. The van der Waals surface area contributed by atoms with Crippen molar-refractivity contribution in [3.63, 3.8) is 0 Å². The Hall–Kier alpha value is -0.120. The summed E-state index contributed by atoms with van der Waals surface area (Å²) >= 11 is 0. The first kappa shape index (κ1) is 8.88. The van der Waals surface area contributed by atoms with Gasteiger partial charge in [-0.05, 0) is 0 Å². The molecule has 0 amide bonds. The van der Waals surface area contributed by atoms with Gasteiger partial charge in [0.15, 0.2) is 0 Å². The molecule has 3 N–H and O–H groups in total. The molecular formula is C6H15NO2. The third kappa shape index (κ3) is 2.79. The van der Waals surface area contributed by atoms with Crippen LogP contribution in [0.25, 0.3) is 0 Å². The van der Waals surface area contributed by atoms with Crippen LogP contribution in [0.5, 0.6) is 0 Å². The minimum absolute atomic E-state index is 0.529. The topological polar surface area (TPSA) is 52.5 Å². The zero-order chi connectivity index (χ0) is 7.28. The molecule has 1 aliphatic heterocycles. The van der Waals surface area contributed by atoms with Crippen LogP contribution in [0, 0.1) is 0 Å². The lowest BCUT2D eigenvalue weighted by molar-refractivity contribution is 0.0572. The van der Waals surface area contributed by atoms with Gasteiger partial charge in [0.1, 0.15) is 0 Å². The van der Waals surface area contributed by atoms with Crippen LogP contribution in [0.2, 0.25) is 0 Å². The van der Waals surface area contributed by atoms with E-state index in [0.29, 0.717) is 13.1 Å². The molecule has 1 aliphatic rings. The second kappa shape index (κ2) is 4.73. The van der Waals surface area contributed by atoms with Gasteiger partial charge in [-0.1, -0.05) is 13.8 Å². The van der Waals surface area contributed by atoms with Crippen molar-refractivity contribution >= 4 is 0 Å². The van der Waals surface area contributed by atoms with E-state index in [1.165, 1.54) is 0 Å². The first-order valence-corrected chi connectivity index (χ1v) is 3.37. The Balaban J connectivity index is 0.000000291. The molecule has 2 unspecified atom stereocenters. The second-order valence-electron chi connectivity index (χ2n) is 1.79. The fourth-order valence-electron chi connectivity index (χ4n) is 0.651. The van der Waals surface area contributed by atoms with Crippen molar-refractivity contribution in [2.45, 2.75) is 26.1 Å². The Morgan fingerprint density at radius 2 is 1.44 bits per heavy atom. The highest BCUT2D eigenvalue weighted by Gasteiger charge is 2.21. The third-order valence-electron chi connectivity index (χ3n) is 1.15. The Bertz CT molecular complexity index is 60.1. The van der Waals surface area contributed by atoms with Gasteiger partial charge >= 0.3 is 0 Å². The molecule has 1 saturated heterocycles. The maximum absolute atomic E-state index is 8.69. The van der Waals surface area contributed by atoms with Crippen molar-refractivity contribution in [1.82, 2.24) is 5.32 Å². The molecule has 1 fully saturated rings. The van der Waals surface area contributed by atoms with Gasteiger partial charge in [-0.3, -0.25) is 0 Å². The molecule has 0 aromatic carbocycles. The van der Waals surface area contributed by atoms with Gasteiger partial charge < -0.3 is 15.5 Å². The first-order chi connectivity index (χ1) is 4.30. The van der Waals surface area contributed by atoms with Gasteiger partial charge in [-0.2, -0.15) is 0 Å². The molecule has 3 heteroatoms. The summed E-state index contributed by atoms with van der Waals surface area (Å²) in [7, 11) is 0. The van der Waals surface area contributed by atoms with Crippen LogP contribution in [0.4, 0.5) is 0 Å². The predicted octanol–water partition coefficient (Wildman–Crippen LogP) is -0.662. The Morgan fingerprint density at radius 1 is 1.11 bits per heavy atom. The lowest BCUT2D eigenvalue weighted by Crippen LogP contribution is -2.22. The summed E-state index contributed by atoms with van der Waals surface area (Å²) in [5.41, 5.74) is 0. The number of hydrogen-bond acceptors (Lipinski definition) is 3. The predicted molar refractivity (Wildman–Crippen MR) is 36.2 cm³/mol. The molecule has 9 heavy (non-hydrogen) atoms. The van der Waals surface area contributed by atoms with E-state index in [0.717, 1.165) is 0 Å². The fourth-order valence-corrected chi connectivity index (χ4v) is 0.651. The number of hydrogen-bond donors (Lipinski definition) is 3. The summed E-state index contributed by atoms with van der Waals surface area (Å²) in [4.78, 5) is 0. The normalized spacial score (nSPS) is 33.3. The van der Waals surface area contributed by atoms with Crippen LogP contribution >= 0.6 is 0 Å². The quantitative estimate of drug-likeness (QED) is 0.411. The lowest BCUT2D eigenvalue weighted by atomic mass is 10.3. The van der Waals surface area contributed by atoms with Crippen molar-refractivity contribution in [2.24, 2.45) is 0 Å². The summed E-state index contributed by atoms with van der Waals surface area (Å²) in [6, 6.07) is 0. The van der Waals surface area contributed by atoms with Crippen LogP contribution in [-0.4, -0.2) is 35.5 Å². The Labute approximate surface area is 55.7 Å². The average molecular weight is 133 g/mol. The minimum atomic E-state index is -0.542. The Kier molecular flexibility index (Phi) is 4.67. The smallest absolute Gasteiger partial charge is 0.0935 e. The van der Waals surface area contributed by atoms with Crippen molar-refractivity contribution in [2.75, 3.05) is 13.1 Å². The van der Waals surface area contributed by atoms with E-state index >= 15 is 0 Å². The molecule has 0 radical (unpaired) electrons. The number of aliphatic hydroxyl groups is 2. The molecular weight excluding hydrogens is 118 g/mol. The number of aliphatic hydroxyl groups excluding tert-OH is 2. The maximum atomic E-state index is 8.69. The molecule has 1 rings (SSSR count). The second-order valence-corrected chi connectivity index (χ2v) is 1.79. The third-order valence-corrected chi connectivity index (χ3v) is 1.15. The highest BCUT2D eigenvalue weighted by Crippen LogP contribution is 1.96. The van der Waals surface area contributed by atoms with Gasteiger partial charge in [0, 0.05) is 13.1 Å². The van der Waals surface area contributed by atoms with Crippen LogP contribution in [0.15, 0.2) is 0 Å². The fraction of sp³-hybridized carbons (Fsp3) is 1.00. The van der Waals surface area contributed by atoms with E-state index in [9.17, 15) is 0 Å². The summed E-state index contributed by atoms with van der Waals surface area (Å²) in [5.74, 6) is 0. The van der Waals surface area contributed by atoms with Crippen molar-refractivity contribution in [3.05, 3.63) is 0 Å². The lowest BCUT2D eigenvalue weighted by Gasteiger charge is -2.01. The van der Waals surface area contributed by atoms with Gasteiger partial charge in [-0.15, -0.1) is 0 Å². The summed E-state index contributed by atoms with van der Waals surface area (Å²) < 4.78 is 0. The van der Waals surface area contributed by atoms with Crippen LogP contribution in [-0.2, 0) is 0 Å². The van der Waals surface area contributed by atoms with Gasteiger partial charge in [0.05, 0.1) is 12.2 Å². The van der Waals surface area contributed by atoms with Gasteiger partial charge in [0.2, 0.25) is 0 Å². The van der Waals surface area contributed by atoms with E-state index in [1.54, 1.807) is 0 Å². The summed E-state index contributed by atoms with van der Waals surface area (Å²) in [6.45, 7) is 5.06. The van der Waals surface area contributed by atoms with Crippen molar-refractivity contribution < 1.29 is 10.2 Å². The average Bonchev–Trinajstić information content (AvgIpc) is 2.23. The summed E-state index contributed by atoms with van der Waals surface area (Å²) in [5, 5.41) is 20.2. The zero-order valence-corrected chi connectivity index (χ0v) is 5.96. The van der Waals surface area contributed by atoms with Crippen LogP contribution in [0.1, 0.15) is 13.8 Å². The molecule has 0 aromatic heterocycles. The van der Waals surface area contributed by atoms with Crippen LogP contribution < -0.4 is 5.32 Å². The molecule has 56 valence electrons. The highest BCUT2D eigenvalue weighted by molar-refractivity contribution is 4.78. The molecule has 0 aromatic rings. The molecule has 0 aliphatic carbocycles. The zero-order valence-electron chi connectivity index (χ0n) is 5.96. The van der Waals surface area contributed by atoms with Gasteiger partial charge in [0.25, 0.3) is 0 Å². The van der Waals surface area contributed by atoms with E-state index in [2.05, 4.69) is 5.32 Å². The van der Waals surface area contributed by atoms with Crippen molar-refractivity contribution in [3.8, 4) is 0 Å². The largest absolute Gasteiger partial charge is 0.389 e. The van der Waals surface area contributed by atoms with E-state index < -0.39 is 12.2 Å². The first-order valence-electron chi connectivity index (χ1n) is 3.37. The summed E-state index contributed by atoms with van der Waals surface area (Å²) in [6.07, 6.45) is -1.08. The monoisotopic (exact) mass is 133 g/mol. The number of β-amino-alcohol motifs (C(OH)–C–C–N with tert-alkyl or cyclic N) is 2. The molecule has 0 bridgehead atoms. The van der Waals surface area contributed by atoms with E-state index in [-0.39, 0.29) is 0 Å². The van der Waals surface area contributed by atoms with E-state index in [4.69, 9.17) is 10.2 Å². The number of rotatable bonds is 0. The SMILES string of the molecule is CC.OC1CNCC1O. The van der Waals surface area contributed by atoms with Gasteiger partial charge in [-0.25, -0.2) is 0 Å². The molecule has 1 heterocycles. The van der Waals surface area contributed by atoms with Crippen LogP contribution in [0.3, 0.4) is 0 Å².